The number of nitrogens with two attached hydrogens (primary N) is 1. The molecule has 0 radical (unpaired) electrons. The van der Waals surface area contributed by atoms with Gasteiger partial charge in [0, 0.05) is 37.9 Å². The lowest BCUT2D eigenvalue weighted by Crippen LogP contribution is -2.90. The van der Waals surface area contributed by atoms with Gasteiger partial charge >= 0.3 is 0 Å². The van der Waals surface area contributed by atoms with Crippen LogP contribution in [0.25, 0.3) is 11.1 Å². The molecular formula is C35H43N4O3+. The quantitative estimate of drug-likeness (QED) is 0.493. The third-order valence-electron chi connectivity index (χ3n) is 8.97. The van der Waals surface area contributed by atoms with Crippen molar-refractivity contribution in [3.63, 3.8) is 0 Å². The number of benzene rings is 3. The van der Waals surface area contributed by atoms with Crippen LogP contribution in [0.5, 0.6) is 5.75 Å². The predicted octanol–water partition coefficient (Wildman–Crippen LogP) is 3.72. The summed E-state index contributed by atoms with van der Waals surface area (Å²) in [7, 11) is 0. The molecule has 42 heavy (non-hydrogen) atoms. The number of ether oxygens (including phenoxy) is 1. The highest BCUT2D eigenvalue weighted by molar-refractivity contribution is 5.85. The van der Waals surface area contributed by atoms with Gasteiger partial charge in [0.2, 0.25) is 5.91 Å². The van der Waals surface area contributed by atoms with E-state index in [1.165, 1.54) is 22.3 Å². The maximum absolute atomic E-state index is 13.7. The zero-order valence-electron chi connectivity index (χ0n) is 24.9. The topological polar surface area (TPSA) is 69.7 Å². The molecule has 3 aromatic carbocycles. The lowest BCUT2D eigenvalue weighted by molar-refractivity contribution is -0.662. The first kappa shape index (κ1) is 28.3. The molecule has 3 aliphatic heterocycles. The zero-order chi connectivity index (χ0) is 29.1. The number of piperidine rings is 1. The van der Waals surface area contributed by atoms with E-state index < -0.39 is 5.60 Å². The highest BCUT2D eigenvalue weighted by Crippen LogP contribution is 2.31. The summed E-state index contributed by atoms with van der Waals surface area (Å²) >= 11 is 0. The normalized spacial score (nSPS) is 19.3. The second-order valence-electron chi connectivity index (χ2n) is 12.4. The molecule has 0 unspecified atom stereocenters. The Kier molecular flexibility index (Phi) is 8.20. The number of hydrogen-bond donors (Lipinski definition) is 1. The Morgan fingerprint density at radius 3 is 2.45 bits per heavy atom. The van der Waals surface area contributed by atoms with Crippen LogP contribution in [0.3, 0.4) is 0 Å². The highest BCUT2D eigenvalue weighted by Gasteiger charge is 2.36. The molecule has 1 atom stereocenters. The van der Waals surface area contributed by atoms with Crippen molar-refractivity contribution in [3.05, 3.63) is 83.9 Å². The first-order valence-corrected chi connectivity index (χ1v) is 15.5. The second-order valence-corrected chi connectivity index (χ2v) is 12.4. The Hall–Kier alpha value is -3.84. The molecule has 2 saturated heterocycles. The number of amides is 2. The summed E-state index contributed by atoms with van der Waals surface area (Å²) in [5.74, 6) is 0.951. The minimum Gasteiger partial charge on any atom is -0.478 e. The van der Waals surface area contributed by atoms with Gasteiger partial charge in [-0.25, -0.2) is 0 Å². The van der Waals surface area contributed by atoms with Crippen LogP contribution in [-0.2, 0) is 22.6 Å². The largest absolute Gasteiger partial charge is 0.478 e. The van der Waals surface area contributed by atoms with Crippen LogP contribution in [-0.4, -0.2) is 73.0 Å². The molecule has 0 aromatic heterocycles. The van der Waals surface area contributed by atoms with Crippen molar-refractivity contribution in [3.8, 4) is 16.9 Å². The van der Waals surface area contributed by atoms with Gasteiger partial charge in [0.05, 0.1) is 32.1 Å². The molecule has 7 heteroatoms. The minimum atomic E-state index is -0.942. The molecule has 220 valence electrons. The van der Waals surface area contributed by atoms with Crippen LogP contribution in [0.1, 0.15) is 37.8 Å². The van der Waals surface area contributed by atoms with Gasteiger partial charge in [-0.2, -0.15) is 0 Å². The van der Waals surface area contributed by atoms with Crippen molar-refractivity contribution in [1.29, 1.82) is 0 Å². The van der Waals surface area contributed by atoms with Crippen molar-refractivity contribution < 1.29 is 19.6 Å². The molecule has 2 amide bonds. The molecule has 0 saturated carbocycles. The summed E-state index contributed by atoms with van der Waals surface area (Å²) in [5, 5.41) is 2.24. The molecule has 7 nitrogen and oxygen atoms in total. The number of rotatable bonds is 6. The van der Waals surface area contributed by atoms with Crippen molar-refractivity contribution in [1.82, 2.24) is 9.80 Å². The van der Waals surface area contributed by atoms with E-state index in [-0.39, 0.29) is 17.7 Å². The third-order valence-corrected chi connectivity index (χ3v) is 8.97. The van der Waals surface area contributed by atoms with E-state index in [1.807, 2.05) is 43.0 Å². The van der Waals surface area contributed by atoms with Crippen molar-refractivity contribution in [2.75, 3.05) is 50.7 Å². The number of anilines is 1. The predicted molar refractivity (Wildman–Crippen MR) is 165 cm³/mol. The number of nitrogens with zero attached hydrogens (tertiary/aromatic N) is 3. The molecule has 2 N–H and O–H groups in total. The van der Waals surface area contributed by atoms with E-state index in [9.17, 15) is 9.59 Å². The minimum absolute atomic E-state index is 0.0256. The Labute approximate surface area is 249 Å². The van der Waals surface area contributed by atoms with Crippen molar-refractivity contribution in [2.45, 2.75) is 45.3 Å². The fraction of sp³-hybridized carbons (Fsp3) is 0.429. The van der Waals surface area contributed by atoms with Crippen molar-refractivity contribution >= 4 is 17.5 Å². The smallest absolute Gasteiger partial charge is 0.266 e. The van der Waals surface area contributed by atoms with Crippen LogP contribution < -0.4 is 15.0 Å². The van der Waals surface area contributed by atoms with Gasteiger partial charge in [0.1, 0.15) is 5.75 Å². The molecular weight excluding hydrogens is 524 g/mol. The van der Waals surface area contributed by atoms with E-state index >= 15 is 0 Å². The first-order valence-electron chi connectivity index (χ1n) is 15.5. The average Bonchev–Trinajstić information content (AvgIpc) is 3.04. The molecule has 6 rings (SSSR count). The number of carbonyl (C=O) groups excluding carboxylic acids is 2. The Balaban J connectivity index is 1.09. The Bertz CT molecular complexity index is 1420. The van der Waals surface area contributed by atoms with Gasteiger partial charge in [-0.15, -0.1) is 0 Å². The monoisotopic (exact) mass is 567 g/mol. The van der Waals surface area contributed by atoms with Gasteiger partial charge in [-0.05, 0) is 67.5 Å². The second kappa shape index (κ2) is 12.2. The molecule has 0 bridgehead atoms. The van der Waals surface area contributed by atoms with Crippen LogP contribution >= 0.6 is 0 Å². The highest BCUT2D eigenvalue weighted by atomic mass is 16.5. The van der Waals surface area contributed by atoms with Gasteiger partial charge in [-0.3, -0.25) is 9.59 Å². The number of fused-ring (bicyclic) bond motifs is 1. The van der Waals surface area contributed by atoms with E-state index in [0.717, 1.165) is 64.2 Å². The van der Waals surface area contributed by atoms with Crippen molar-refractivity contribution in [2.24, 2.45) is 5.92 Å². The van der Waals surface area contributed by atoms with Crippen LogP contribution in [0, 0.1) is 5.92 Å². The summed E-state index contributed by atoms with van der Waals surface area (Å²) in [6, 6.07) is 25.2. The first-order chi connectivity index (χ1) is 20.4. The molecule has 0 aliphatic carbocycles. The maximum Gasteiger partial charge on any atom is 0.266 e. The zero-order valence-corrected chi connectivity index (χ0v) is 24.9. The summed E-state index contributed by atoms with van der Waals surface area (Å²) in [4.78, 5) is 33.2. The van der Waals surface area contributed by atoms with E-state index in [1.54, 1.807) is 0 Å². The fourth-order valence-electron chi connectivity index (χ4n) is 6.64. The van der Waals surface area contributed by atoms with Crippen LogP contribution in [0.4, 0.5) is 5.69 Å². The van der Waals surface area contributed by atoms with Gasteiger partial charge < -0.3 is 24.8 Å². The van der Waals surface area contributed by atoms with E-state index in [4.69, 9.17) is 4.74 Å². The summed E-state index contributed by atoms with van der Waals surface area (Å²) in [6.07, 6.45) is 2.78. The van der Waals surface area contributed by atoms with Crippen LogP contribution in [0.15, 0.2) is 72.8 Å². The number of hydrogen-bond acceptors (Lipinski definition) is 4. The van der Waals surface area contributed by atoms with Gasteiger partial charge in [0.15, 0.2) is 5.60 Å². The third kappa shape index (κ3) is 6.16. The Morgan fingerprint density at radius 1 is 0.833 bits per heavy atom. The van der Waals surface area contributed by atoms with Crippen LogP contribution in [0.2, 0.25) is 0 Å². The molecule has 3 heterocycles. The number of carbonyl (C=O) groups is 2. The molecule has 3 aliphatic rings. The average molecular weight is 568 g/mol. The molecule has 0 spiro atoms. The number of piperazine rings is 1. The van der Waals surface area contributed by atoms with E-state index in [2.05, 4.69) is 63.6 Å². The lowest BCUT2D eigenvalue weighted by Gasteiger charge is -2.38. The summed E-state index contributed by atoms with van der Waals surface area (Å²) in [5.41, 5.74) is 5.17. The molecule has 3 aromatic rings. The summed E-state index contributed by atoms with van der Waals surface area (Å²) in [6.45, 7) is 10.2. The maximum atomic E-state index is 13.7. The summed E-state index contributed by atoms with van der Waals surface area (Å²) < 4.78 is 6.28. The van der Waals surface area contributed by atoms with Gasteiger partial charge in [0.25, 0.3) is 5.91 Å². The molecule has 2 fully saturated rings. The Morgan fingerprint density at radius 2 is 1.64 bits per heavy atom. The number of quaternary nitrogens is 1. The lowest BCUT2D eigenvalue weighted by atomic mass is 9.92. The van der Waals surface area contributed by atoms with E-state index in [0.29, 0.717) is 18.8 Å². The van der Waals surface area contributed by atoms with Gasteiger partial charge in [-0.1, -0.05) is 54.6 Å². The standard InChI is InChI=1S/C35H42N4O3/c1-35(2,34(41)37-20-16-36-17-21-37)42-32-12-6-11-31(23-32)38-18-7-10-30(25-38)33(40)39-19-15-28-22-27(13-14-29(28)24-39)26-8-4-3-5-9-26/h3-6,8-9,11-14,22-23,30,36H,7,10,15-21,24-25H2,1-2H3/p+1/t30-/m1/s1. The fourth-order valence-corrected chi connectivity index (χ4v) is 6.64. The SMILES string of the molecule is CC(C)(Oc1cccc(N2CCC[C@@H](C(=O)N3CCc4cc(-c5ccccc5)ccc4C3)C2)c1)C(=O)N1CC[NH2+]CC1.